The Morgan fingerprint density at radius 1 is 1.32 bits per heavy atom. The maximum absolute atomic E-state index is 14.4. The number of ether oxygens (including phenoxy) is 1. The lowest BCUT2D eigenvalue weighted by molar-refractivity contribution is -0.126. The van der Waals surface area contributed by atoms with Crippen molar-refractivity contribution in [1.82, 2.24) is 25.3 Å². The molecule has 10 heteroatoms. The van der Waals surface area contributed by atoms with Crippen molar-refractivity contribution in [3.05, 3.63) is 35.5 Å². The number of H-pyrrole nitrogens is 1. The Morgan fingerprint density at radius 2 is 2.16 bits per heavy atom. The van der Waals surface area contributed by atoms with E-state index in [9.17, 15) is 9.18 Å². The van der Waals surface area contributed by atoms with E-state index >= 15 is 0 Å². The molecule has 1 amide bonds. The van der Waals surface area contributed by atoms with E-state index in [4.69, 9.17) is 16.3 Å². The summed E-state index contributed by atoms with van der Waals surface area (Å²) in [6, 6.07) is 1.79. The second kappa shape index (κ2) is 9.57. The standard InChI is InChI=1S/C21H24ClFN6O2/c1-31-11-18(30)28-17-5-3-2-4-12(17)7-24-21-16(23)10-27-20(29-21)15-9-26-19-14(15)6-13(22)8-25-19/h6,8-10,12,17H,2-5,7,11H2,1H3,(H,25,26)(H,28,30)(H,24,27,29). The van der Waals surface area contributed by atoms with Crippen molar-refractivity contribution in [2.75, 3.05) is 25.6 Å². The Balaban J connectivity index is 1.51. The first-order valence-corrected chi connectivity index (χ1v) is 10.6. The predicted octanol–water partition coefficient (Wildman–Crippen LogP) is 3.55. The highest BCUT2D eigenvalue weighted by molar-refractivity contribution is 6.31. The molecule has 0 aromatic carbocycles. The van der Waals surface area contributed by atoms with E-state index in [2.05, 4.69) is 30.6 Å². The lowest BCUT2D eigenvalue weighted by Crippen LogP contribution is -2.45. The lowest BCUT2D eigenvalue weighted by atomic mass is 9.84. The number of aromatic nitrogens is 4. The number of carbonyl (C=O) groups is 1. The number of fused-ring (bicyclic) bond motifs is 1. The van der Waals surface area contributed by atoms with Crippen LogP contribution in [0.1, 0.15) is 25.7 Å². The number of carbonyl (C=O) groups excluding carboxylic acids is 1. The summed E-state index contributed by atoms with van der Waals surface area (Å²) in [5.74, 6) is -0.00445. The fourth-order valence-corrected chi connectivity index (χ4v) is 4.19. The number of nitrogens with one attached hydrogen (secondary N) is 3. The zero-order valence-electron chi connectivity index (χ0n) is 17.1. The molecule has 1 aliphatic rings. The summed E-state index contributed by atoms with van der Waals surface area (Å²) < 4.78 is 19.3. The van der Waals surface area contributed by atoms with Crippen molar-refractivity contribution in [2.24, 2.45) is 5.92 Å². The van der Waals surface area contributed by atoms with Crippen molar-refractivity contribution in [3.8, 4) is 11.4 Å². The zero-order chi connectivity index (χ0) is 21.8. The Kier molecular flexibility index (Phi) is 6.62. The molecule has 8 nitrogen and oxygen atoms in total. The maximum Gasteiger partial charge on any atom is 0.246 e. The van der Waals surface area contributed by atoms with E-state index in [0.717, 1.165) is 37.3 Å². The van der Waals surface area contributed by atoms with Gasteiger partial charge in [0.25, 0.3) is 0 Å². The second-order valence-electron chi connectivity index (χ2n) is 7.67. The van der Waals surface area contributed by atoms with E-state index in [1.165, 1.54) is 7.11 Å². The molecule has 31 heavy (non-hydrogen) atoms. The van der Waals surface area contributed by atoms with Gasteiger partial charge in [0.05, 0.1) is 11.2 Å². The van der Waals surface area contributed by atoms with Gasteiger partial charge in [-0.3, -0.25) is 4.79 Å². The van der Waals surface area contributed by atoms with Crippen LogP contribution in [0.2, 0.25) is 5.02 Å². The topological polar surface area (TPSA) is 105 Å². The minimum Gasteiger partial charge on any atom is -0.375 e. The van der Waals surface area contributed by atoms with E-state index in [1.54, 1.807) is 18.5 Å². The molecule has 3 aromatic rings. The first-order chi connectivity index (χ1) is 15.0. The third-order valence-electron chi connectivity index (χ3n) is 5.55. The third-order valence-corrected chi connectivity index (χ3v) is 5.75. The molecule has 164 valence electrons. The van der Waals surface area contributed by atoms with Gasteiger partial charge in [-0.15, -0.1) is 0 Å². The maximum atomic E-state index is 14.4. The molecule has 2 unspecified atom stereocenters. The fraction of sp³-hybridized carbons (Fsp3) is 0.429. The van der Waals surface area contributed by atoms with Gasteiger partial charge in [-0.05, 0) is 24.8 Å². The molecule has 0 aliphatic heterocycles. The number of rotatable bonds is 7. The van der Waals surface area contributed by atoms with Crippen LogP contribution in [-0.4, -0.2) is 52.1 Å². The van der Waals surface area contributed by atoms with Crippen LogP contribution in [0.4, 0.5) is 10.2 Å². The Labute approximate surface area is 184 Å². The number of methoxy groups -OCH3 is 1. The number of nitrogens with zero attached hydrogens (tertiary/aromatic N) is 3. The number of hydrogen-bond acceptors (Lipinski definition) is 6. The predicted molar refractivity (Wildman–Crippen MR) is 116 cm³/mol. The van der Waals surface area contributed by atoms with E-state index in [1.807, 2.05) is 0 Å². The lowest BCUT2D eigenvalue weighted by Gasteiger charge is -2.32. The smallest absolute Gasteiger partial charge is 0.246 e. The van der Waals surface area contributed by atoms with Crippen molar-refractivity contribution in [2.45, 2.75) is 31.7 Å². The van der Waals surface area contributed by atoms with Crippen LogP contribution >= 0.6 is 11.6 Å². The highest BCUT2D eigenvalue weighted by Gasteiger charge is 2.27. The van der Waals surface area contributed by atoms with Gasteiger partial charge in [0.15, 0.2) is 17.5 Å². The minimum absolute atomic E-state index is 0.0232. The SMILES string of the molecule is COCC(=O)NC1CCCCC1CNc1nc(-c2c[nH]c3ncc(Cl)cc23)ncc1F. The summed E-state index contributed by atoms with van der Waals surface area (Å²) >= 11 is 6.07. The van der Waals surface area contributed by atoms with Crippen LogP contribution in [0.25, 0.3) is 22.4 Å². The van der Waals surface area contributed by atoms with Gasteiger partial charge in [0.1, 0.15) is 12.3 Å². The molecule has 0 spiro atoms. The molecule has 2 atom stereocenters. The van der Waals surface area contributed by atoms with Crippen LogP contribution in [0.5, 0.6) is 0 Å². The number of halogens is 2. The Morgan fingerprint density at radius 3 is 3.00 bits per heavy atom. The summed E-state index contributed by atoms with van der Waals surface area (Å²) in [6.07, 6.45) is 8.39. The third kappa shape index (κ3) is 4.94. The van der Waals surface area contributed by atoms with Crippen molar-refractivity contribution >= 4 is 34.4 Å². The van der Waals surface area contributed by atoms with Crippen molar-refractivity contribution in [3.63, 3.8) is 0 Å². The Bertz CT molecular complexity index is 1080. The van der Waals surface area contributed by atoms with E-state index < -0.39 is 5.82 Å². The second-order valence-corrected chi connectivity index (χ2v) is 8.11. The van der Waals surface area contributed by atoms with Crippen LogP contribution in [0, 0.1) is 11.7 Å². The molecule has 3 N–H and O–H groups in total. The van der Waals surface area contributed by atoms with Crippen LogP contribution in [0.15, 0.2) is 24.7 Å². The summed E-state index contributed by atoms with van der Waals surface area (Å²) in [6.45, 7) is 0.524. The number of aromatic amines is 1. The van der Waals surface area contributed by atoms with Gasteiger partial charge in [-0.1, -0.05) is 24.4 Å². The molecule has 1 aliphatic carbocycles. The number of amides is 1. The number of anilines is 1. The normalized spacial score (nSPS) is 18.8. The van der Waals surface area contributed by atoms with Crippen LogP contribution in [0.3, 0.4) is 0 Å². The van der Waals surface area contributed by atoms with Gasteiger partial charge >= 0.3 is 0 Å². The summed E-state index contributed by atoms with van der Waals surface area (Å²) in [5.41, 5.74) is 1.34. The molecular formula is C21H24ClFN6O2. The molecule has 0 radical (unpaired) electrons. The molecule has 1 fully saturated rings. The van der Waals surface area contributed by atoms with Gasteiger partial charge in [-0.25, -0.2) is 19.3 Å². The van der Waals surface area contributed by atoms with Gasteiger partial charge in [0, 0.05) is 43.0 Å². The monoisotopic (exact) mass is 446 g/mol. The molecular weight excluding hydrogens is 423 g/mol. The molecule has 1 saturated carbocycles. The van der Waals surface area contributed by atoms with Crippen molar-refractivity contribution in [1.29, 1.82) is 0 Å². The largest absolute Gasteiger partial charge is 0.375 e. The average molecular weight is 447 g/mol. The summed E-state index contributed by atoms with van der Waals surface area (Å²) in [7, 11) is 1.49. The fourth-order valence-electron chi connectivity index (χ4n) is 4.03. The first kappa shape index (κ1) is 21.5. The first-order valence-electron chi connectivity index (χ1n) is 10.2. The van der Waals surface area contributed by atoms with Crippen LogP contribution in [-0.2, 0) is 9.53 Å². The van der Waals surface area contributed by atoms with E-state index in [0.29, 0.717) is 28.6 Å². The zero-order valence-corrected chi connectivity index (χ0v) is 17.9. The molecule has 3 aromatic heterocycles. The van der Waals surface area contributed by atoms with E-state index in [-0.39, 0.29) is 30.3 Å². The summed E-state index contributed by atoms with van der Waals surface area (Å²) in [5, 5.41) is 7.40. The van der Waals surface area contributed by atoms with Gasteiger partial charge < -0.3 is 20.4 Å². The van der Waals surface area contributed by atoms with Crippen molar-refractivity contribution < 1.29 is 13.9 Å². The highest BCUT2D eigenvalue weighted by atomic mass is 35.5. The van der Waals surface area contributed by atoms with Gasteiger partial charge in [0.2, 0.25) is 5.91 Å². The molecule has 0 saturated heterocycles. The van der Waals surface area contributed by atoms with Crippen LogP contribution < -0.4 is 10.6 Å². The summed E-state index contributed by atoms with van der Waals surface area (Å²) in [4.78, 5) is 27.8. The highest BCUT2D eigenvalue weighted by Crippen LogP contribution is 2.29. The number of hydrogen-bond donors (Lipinski definition) is 3. The Hall–Kier alpha value is -2.78. The van der Waals surface area contributed by atoms with Gasteiger partial charge in [-0.2, -0.15) is 0 Å². The molecule has 4 rings (SSSR count). The number of pyridine rings is 1. The average Bonchev–Trinajstić information content (AvgIpc) is 3.17. The molecule has 0 bridgehead atoms. The quantitative estimate of drug-likeness (QED) is 0.512. The molecule has 3 heterocycles. The minimum atomic E-state index is -0.532.